The molecule has 0 spiro atoms. The van der Waals surface area contributed by atoms with E-state index in [9.17, 15) is 0 Å². The van der Waals surface area contributed by atoms with E-state index in [1.54, 1.807) is 0 Å². The van der Waals surface area contributed by atoms with Crippen LogP contribution in [0.4, 0.5) is 17.1 Å². The van der Waals surface area contributed by atoms with Gasteiger partial charge in [0.2, 0.25) is 0 Å². The van der Waals surface area contributed by atoms with E-state index in [-0.39, 0.29) is 0 Å². The Balaban J connectivity index is 1.10. The number of anilines is 3. The molecule has 248 valence electrons. The summed E-state index contributed by atoms with van der Waals surface area (Å²) in [4.78, 5) is 2.39. The normalized spacial score (nSPS) is 11.8. The molecule has 0 aliphatic carbocycles. The topological polar surface area (TPSA) is 16.4 Å². The lowest BCUT2D eigenvalue weighted by Crippen LogP contribution is -2.10. The minimum atomic E-state index is 0.878. The van der Waals surface area contributed by atoms with E-state index in [1.807, 2.05) is 23.5 Å². The highest BCUT2D eigenvalue weighted by Crippen LogP contribution is 2.48. The van der Waals surface area contributed by atoms with Crippen molar-refractivity contribution in [1.29, 1.82) is 0 Å². The van der Waals surface area contributed by atoms with Crippen molar-refractivity contribution in [3.8, 4) is 22.3 Å². The molecule has 53 heavy (non-hydrogen) atoms. The monoisotopic (exact) mass is 693 g/mol. The van der Waals surface area contributed by atoms with Crippen molar-refractivity contribution in [3.63, 3.8) is 0 Å². The van der Waals surface area contributed by atoms with Gasteiger partial charge in [0, 0.05) is 43.7 Å². The first-order valence-electron chi connectivity index (χ1n) is 18.0. The molecule has 0 radical (unpaired) electrons. The van der Waals surface area contributed by atoms with Crippen LogP contribution in [0.1, 0.15) is 0 Å². The zero-order chi connectivity index (χ0) is 34.9. The largest absolute Gasteiger partial charge is 0.456 e. The molecule has 0 aliphatic heterocycles. The summed E-state index contributed by atoms with van der Waals surface area (Å²) in [6.45, 7) is 0. The quantitative estimate of drug-likeness (QED) is 0.167. The number of fused-ring (bicyclic) bond motifs is 9. The summed E-state index contributed by atoms with van der Waals surface area (Å²) in [5.41, 5.74) is 9.94. The van der Waals surface area contributed by atoms with Crippen LogP contribution in [-0.4, -0.2) is 0 Å². The van der Waals surface area contributed by atoms with Crippen LogP contribution in [0, 0.1) is 0 Å². The molecule has 0 aliphatic rings. The van der Waals surface area contributed by atoms with Crippen molar-refractivity contribution in [1.82, 2.24) is 0 Å². The van der Waals surface area contributed by atoms with Gasteiger partial charge < -0.3 is 9.32 Å². The summed E-state index contributed by atoms with van der Waals surface area (Å²) in [7, 11) is 0. The summed E-state index contributed by atoms with van der Waals surface area (Å²) < 4.78 is 8.98. The summed E-state index contributed by atoms with van der Waals surface area (Å²) in [6.07, 6.45) is 0. The number of para-hydroxylation sites is 1. The van der Waals surface area contributed by atoms with Gasteiger partial charge in [-0.15, -0.1) is 11.3 Å². The summed E-state index contributed by atoms with van der Waals surface area (Å²) in [6, 6.07) is 68.0. The van der Waals surface area contributed by atoms with Gasteiger partial charge >= 0.3 is 0 Å². The van der Waals surface area contributed by atoms with Crippen molar-refractivity contribution in [3.05, 3.63) is 188 Å². The number of nitrogens with zero attached hydrogens (tertiary/aromatic N) is 1. The van der Waals surface area contributed by atoms with Crippen LogP contribution in [0.15, 0.2) is 192 Å². The minimum absolute atomic E-state index is 0.878. The van der Waals surface area contributed by atoms with Gasteiger partial charge in [-0.05, 0) is 86.3 Å². The molecule has 3 heteroatoms. The Morgan fingerprint density at radius 3 is 1.87 bits per heavy atom. The smallest absolute Gasteiger partial charge is 0.137 e. The highest BCUT2D eigenvalue weighted by atomic mass is 32.1. The van der Waals surface area contributed by atoms with Crippen LogP contribution in [-0.2, 0) is 0 Å². The SMILES string of the molecule is c1ccc(-c2cccc3c2sc2c(N(c4ccc(-c5ccc6ccc7ccccc7c6c5)cc4)c4ccc5c(c4)oc4ccccc45)cccc23)cc1. The van der Waals surface area contributed by atoms with Crippen molar-refractivity contribution in [2.24, 2.45) is 0 Å². The zero-order valence-corrected chi connectivity index (χ0v) is 29.5. The molecule has 2 nitrogen and oxygen atoms in total. The maximum absolute atomic E-state index is 6.43. The highest BCUT2D eigenvalue weighted by Gasteiger charge is 2.21. The third kappa shape index (κ3) is 4.86. The molecule has 0 bridgehead atoms. The Morgan fingerprint density at radius 2 is 1.00 bits per heavy atom. The third-order valence-electron chi connectivity index (χ3n) is 10.7. The van der Waals surface area contributed by atoms with Crippen LogP contribution in [0.25, 0.3) is 85.9 Å². The number of thiophene rings is 1. The molecular formula is C50H31NOS. The van der Waals surface area contributed by atoms with Crippen molar-refractivity contribution >= 4 is 92.1 Å². The van der Waals surface area contributed by atoms with Gasteiger partial charge in [-0.2, -0.15) is 0 Å². The van der Waals surface area contributed by atoms with E-state index in [0.717, 1.165) is 39.0 Å². The molecule has 0 amide bonds. The van der Waals surface area contributed by atoms with E-state index < -0.39 is 0 Å². The van der Waals surface area contributed by atoms with Gasteiger partial charge in [0.15, 0.2) is 0 Å². The zero-order valence-electron chi connectivity index (χ0n) is 28.7. The molecule has 11 rings (SSSR count). The van der Waals surface area contributed by atoms with Gasteiger partial charge in [-0.1, -0.05) is 140 Å². The average molecular weight is 694 g/mol. The predicted octanol–water partition coefficient (Wildman–Crippen LogP) is 15.1. The summed E-state index contributed by atoms with van der Waals surface area (Å²) in [5.74, 6) is 0. The van der Waals surface area contributed by atoms with Gasteiger partial charge in [0.1, 0.15) is 11.2 Å². The van der Waals surface area contributed by atoms with E-state index in [4.69, 9.17) is 4.42 Å². The molecule has 0 atom stereocenters. The number of furan rings is 1. The second-order valence-corrected chi connectivity index (χ2v) is 14.7. The molecule has 11 aromatic rings. The minimum Gasteiger partial charge on any atom is -0.456 e. The third-order valence-corrected chi connectivity index (χ3v) is 11.9. The first-order chi connectivity index (χ1) is 26.3. The van der Waals surface area contributed by atoms with Crippen molar-refractivity contribution in [2.75, 3.05) is 4.90 Å². The molecule has 2 aromatic heterocycles. The van der Waals surface area contributed by atoms with E-state index in [0.29, 0.717) is 0 Å². The molecule has 0 unspecified atom stereocenters. The van der Waals surface area contributed by atoms with Gasteiger partial charge in [-0.25, -0.2) is 0 Å². The Labute approximate surface area is 310 Å². The fourth-order valence-electron chi connectivity index (χ4n) is 8.09. The first kappa shape index (κ1) is 30.0. The molecule has 0 saturated heterocycles. The molecule has 9 aromatic carbocycles. The summed E-state index contributed by atoms with van der Waals surface area (Å²) in [5, 5.41) is 9.86. The molecule has 0 saturated carbocycles. The summed E-state index contributed by atoms with van der Waals surface area (Å²) >= 11 is 1.87. The lowest BCUT2D eigenvalue weighted by atomic mass is 9.97. The van der Waals surface area contributed by atoms with E-state index >= 15 is 0 Å². The van der Waals surface area contributed by atoms with E-state index in [1.165, 1.54) is 64.0 Å². The lowest BCUT2D eigenvalue weighted by Gasteiger charge is -2.26. The molecule has 0 fully saturated rings. The number of rotatable bonds is 5. The van der Waals surface area contributed by atoms with Crippen LogP contribution < -0.4 is 4.90 Å². The van der Waals surface area contributed by atoms with Crippen LogP contribution >= 0.6 is 11.3 Å². The Kier molecular flexibility index (Phi) is 6.76. The number of hydrogen-bond donors (Lipinski definition) is 0. The second kappa shape index (κ2) is 11.9. The van der Waals surface area contributed by atoms with E-state index in [2.05, 4.69) is 181 Å². The second-order valence-electron chi connectivity index (χ2n) is 13.7. The number of hydrogen-bond acceptors (Lipinski definition) is 3. The van der Waals surface area contributed by atoms with Crippen molar-refractivity contribution < 1.29 is 4.42 Å². The maximum Gasteiger partial charge on any atom is 0.137 e. The van der Waals surface area contributed by atoms with Crippen LogP contribution in [0.2, 0.25) is 0 Å². The standard InChI is InChI=1S/C50H31NOS/c1-2-10-33(11-3-1)40-15-8-16-43-44-17-9-18-46(50(44)53-49(40)43)51(38-28-29-42-41-14-6-7-19-47(41)52-48(42)31-38)37-26-24-32(25-27-37)36-23-22-35-21-20-34-12-4-5-13-39(34)45(35)30-36/h1-31H. The maximum atomic E-state index is 6.43. The highest BCUT2D eigenvalue weighted by molar-refractivity contribution is 7.27. The van der Waals surface area contributed by atoms with Crippen LogP contribution in [0.3, 0.4) is 0 Å². The van der Waals surface area contributed by atoms with Gasteiger partial charge in [0.25, 0.3) is 0 Å². The fraction of sp³-hybridized carbons (Fsp3) is 0. The van der Waals surface area contributed by atoms with Gasteiger partial charge in [-0.3, -0.25) is 0 Å². The fourth-order valence-corrected chi connectivity index (χ4v) is 9.43. The average Bonchev–Trinajstić information content (AvgIpc) is 3.80. The number of benzene rings is 9. The molecule has 2 heterocycles. The predicted molar refractivity (Wildman–Crippen MR) is 227 cm³/mol. The van der Waals surface area contributed by atoms with Gasteiger partial charge in [0.05, 0.1) is 10.4 Å². The first-order valence-corrected chi connectivity index (χ1v) is 18.8. The Morgan fingerprint density at radius 1 is 0.358 bits per heavy atom. The lowest BCUT2D eigenvalue weighted by molar-refractivity contribution is 0.669. The van der Waals surface area contributed by atoms with Crippen LogP contribution in [0.5, 0.6) is 0 Å². The molecular weight excluding hydrogens is 663 g/mol. The Bertz CT molecular complexity index is 3170. The Hall–Kier alpha value is -6.68. The molecule has 0 N–H and O–H groups in total. The van der Waals surface area contributed by atoms with Crippen molar-refractivity contribution in [2.45, 2.75) is 0 Å².